The standard InChI is InChI=1S/C46H36N4Si/c1-31-6-16-36(17-7-31)49(38-20-14-35(48-2)15-21-38)43-28-12-33-11-27-42-44(29-13-34-10-26-41(43)45(33)46(34)42)50(37-18-8-32(30-47)9-19-37)39-22-24-40(25-23-39)51(3,4)5/h6-29H,1,3-5H3. The normalized spacial score (nSPS) is 11.5. The number of anilines is 6. The highest BCUT2D eigenvalue weighted by Gasteiger charge is 2.23. The number of rotatable bonds is 7. The molecule has 0 atom stereocenters. The molecular weight excluding hydrogens is 637 g/mol. The van der Waals surface area contributed by atoms with E-state index >= 15 is 0 Å². The molecule has 244 valence electrons. The van der Waals surface area contributed by atoms with E-state index < -0.39 is 8.07 Å². The lowest BCUT2D eigenvalue weighted by Gasteiger charge is -2.29. The first-order chi connectivity index (χ1) is 24.7. The molecule has 0 aliphatic heterocycles. The third-order valence-electron chi connectivity index (χ3n) is 9.88. The number of aryl methyl sites for hydroxylation is 1. The van der Waals surface area contributed by atoms with Crippen molar-refractivity contribution in [1.29, 1.82) is 5.26 Å². The monoisotopic (exact) mass is 672 g/mol. The summed E-state index contributed by atoms with van der Waals surface area (Å²) >= 11 is 0. The van der Waals surface area contributed by atoms with Crippen molar-refractivity contribution in [2.45, 2.75) is 26.6 Å². The first-order valence-electron chi connectivity index (χ1n) is 17.2. The molecule has 0 aliphatic rings. The van der Waals surface area contributed by atoms with Crippen LogP contribution < -0.4 is 15.0 Å². The molecule has 0 aromatic heterocycles. The van der Waals surface area contributed by atoms with Gasteiger partial charge in [-0.2, -0.15) is 5.26 Å². The molecule has 0 fully saturated rings. The predicted octanol–water partition coefficient (Wildman–Crippen LogP) is 12.8. The maximum Gasteiger partial charge on any atom is 0.187 e. The Morgan fingerprint density at radius 3 is 1.37 bits per heavy atom. The van der Waals surface area contributed by atoms with Crippen molar-refractivity contribution < 1.29 is 0 Å². The molecule has 5 heteroatoms. The zero-order valence-electron chi connectivity index (χ0n) is 29.1. The number of benzene rings is 8. The molecule has 51 heavy (non-hydrogen) atoms. The Labute approximate surface area is 300 Å². The Hall–Kier alpha value is -6.40. The summed E-state index contributed by atoms with van der Waals surface area (Å²) in [6, 6.07) is 53.5. The molecule has 0 unspecified atom stereocenters. The minimum atomic E-state index is -1.49. The van der Waals surface area contributed by atoms with Gasteiger partial charge in [-0.3, -0.25) is 0 Å². The van der Waals surface area contributed by atoms with Gasteiger partial charge in [0.25, 0.3) is 0 Å². The molecule has 8 rings (SSSR count). The molecule has 0 aliphatic carbocycles. The first-order valence-corrected chi connectivity index (χ1v) is 20.7. The van der Waals surface area contributed by atoms with E-state index in [4.69, 9.17) is 6.57 Å². The second kappa shape index (κ2) is 12.5. The second-order valence-electron chi connectivity index (χ2n) is 14.2. The average Bonchev–Trinajstić information content (AvgIpc) is 3.16. The van der Waals surface area contributed by atoms with E-state index in [-0.39, 0.29) is 0 Å². The molecule has 0 radical (unpaired) electrons. The summed E-state index contributed by atoms with van der Waals surface area (Å²) in [4.78, 5) is 8.25. The van der Waals surface area contributed by atoms with Crippen molar-refractivity contribution in [3.63, 3.8) is 0 Å². The maximum absolute atomic E-state index is 9.57. The third-order valence-corrected chi connectivity index (χ3v) is 11.9. The Morgan fingerprint density at radius 2 is 0.941 bits per heavy atom. The zero-order chi connectivity index (χ0) is 35.3. The quantitative estimate of drug-likeness (QED) is 0.0960. The maximum atomic E-state index is 9.57. The molecule has 8 aromatic carbocycles. The van der Waals surface area contributed by atoms with Crippen molar-refractivity contribution in [2.75, 3.05) is 9.80 Å². The summed E-state index contributed by atoms with van der Waals surface area (Å²) in [5.41, 5.74) is 8.74. The fourth-order valence-corrected chi connectivity index (χ4v) is 8.35. The Morgan fingerprint density at radius 1 is 0.529 bits per heavy atom. The van der Waals surface area contributed by atoms with Crippen LogP contribution in [0.15, 0.2) is 146 Å². The predicted molar refractivity (Wildman–Crippen MR) is 218 cm³/mol. The second-order valence-corrected chi connectivity index (χ2v) is 19.3. The van der Waals surface area contributed by atoms with Crippen LogP contribution in [0.25, 0.3) is 37.2 Å². The average molecular weight is 673 g/mol. The molecule has 0 saturated carbocycles. The molecule has 4 nitrogen and oxygen atoms in total. The number of nitriles is 1. The van der Waals surface area contributed by atoms with Crippen molar-refractivity contribution in [2.24, 2.45) is 0 Å². The fraction of sp³-hybridized carbons (Fsp3) is 0.0870. The number of hydrogen-bond donors (Lipinski definition) is 0. The molecule has 0 bridgehead atoms. The van der Waals surface area contributed by atoms with Crippen LogP contribution in [-0.4, -0.2) is 8.07 Å². The summed E-state index contributed by atoms with van der Waals surface area (Å²) in [6.45, 7) is 16.7. The van der Waals surface area contributed by atoms with Crippen molar-refractivity contribution in [3.8, 4) is 6.07 Å². The molecule has 0 saturated heterocycles. The van der Waals surface area contributed by atoms with E-state index in [1.165, 1.54) is 32.3 Å². The molecular formula is C46H36N4Si. The van der Waals surface area contributed by atoms with Gasteiger partial charge in [0.05, 0.1) is 37.7 Å². The van der Waals surface area contributed by atoms with Crippen LogP contribution in [0.3, 0.4) is 0 Å². The van der Waals surface area contributed by atoms with Crippen LogP contribution >= 0.6 is 0 Å². The molecule has 0 spiro atoms. The topological polar surface area (TPSA) is 34.6 Å². The van der Waals surface area contributed by atoms with E-state index in [9.17, 15) is 5.26 Å². The summed E-state index contributed by atoms with van der Waals surface area (Å²) in [5, 5.41) is 18.1. The van der Waals surface area contributed by atoms with Gasteiger partial charge in [-0.15, -0.1) is 0 Å². The van der Waals surface area contributed by atoms with E-state index in [2.05, 4.69) is 144 Å². The van der Waals surface area contributed by atoms with Crippen LogP contribution in [0.2, 0.25) is 19.6 Å². The number of hydrogen-bond acceptors (Lipinski definition) is 3. The third kappa shape index (κ3) is 5.65. The van der Waals surface area contributed by atoms with Gasteiger partial charge >= 0.3 is 0 Å². The lowest BCUT2D eigenvalue weighted by molar-refractivity contribution is 1.29. The first kappa shape index (κ1) is 31.8. The fourth-order valence-electron chi connectivity index (χ4n) is 7.18. The van der Waals surface area contributed by atoms with Crippen molar-refractivity contribution in [3.05, 3.63) is 168 Å². The highest BCUT2D eigenvalue weighted by Crippen LogP contribution is 2.47. The summed E-state index contributed by atoms with van der Waals surface area (Å²) in [5.74, 6) is 0. The molecule has 0 N–H and O–H groups in total. The van der Waals surface area contributed by atoms with Crippen LogP contribution in [0.4, 0.5) is 39.8 Å². The van der Waals surface area contributed by atoms with Gasteiger partial charge in [0.2, 0.25) is 0 Å². The molecule has 0 heterocycles. The summed E-state index contributed by atoms with van der Waals surface area (Å²) < 4.78 is 0. The van der Waals surface area contributed by atoms with Crippen molar-refractivity contribution in [1.82, 2.24) is 0 Å². The van der Waals surface area contributed by atoms with Gasteiger partial charge in [0, 0.05) is 33.5 Å². The smallest absolute Gasteiger partial charge is 0.187 e. The Bertz CT molecular complexity index is 2620. The lowest BCUT2D eigenvalue weighted by Crippen LogP contribution is -2.37. The van der Waals surface area contributed by atoms with Crippen LogP contribution in [0, 0.1) is 24.8 Å². The highest BCUT2D eigenvalue weighted by molar-refractivity contribution is 6.88. The molecule has 8 aromatic rings. The SMILES string of the molecule is [C-]#[N+]c1ccc(N(c2ccc(C)cc2)c2ccc3ccc4c(N(c5ccc(C#N)cc5)c5ccc([Si](C)(C)C)cc5)ccc5ccc2c3c54)cc1. The molecule has 0 amide bonds. The van der Waals surface area contributed by atoms with Crippen molar-refractivity contribution >= 4 is 85.4 Å². The zero-order valence-corrected chi connectivity index (χ0v) is 30.1. The lowest BCUT2D eigenvalue weighted by atomic mass is 9.91. The van der Waals surface area contributed by atoms with Crippen LogP contribution in [0.1, 0.15) is 11.1 Å². The minimum Gasteiger partial charge on any atom is -0.310 e. The van der Waals surface area contributed by atoms with Crippen LogP contribution in [0.5, 0.6) is 0 Å². The number of nitrogens with zero attached hydrogens (tertiary/aromatic N) is 4. The van der Waals surface area contributed by atoms with Gasteiger partial charge in [0.1, 0.15) is 0 Å². The Balaban J connectivity index is 1.37. The highest BCUT2D eigenvalue weighted by atomic mass is 28.3. The van der Waals surface area contributed by atoms with Crippen LogP contribution in [-0.2, 0) is 0 Å². The Kier molecular flexibility index (Phi) is 7.80. The summed E-state index contributed by atoms with van der Waals surface area (Å²) in [7, 11) is -1.49. The van der Waals surface area contributed by atoms with Gasteiger partial charge in [-0.25, -0.2) is 4.85 Å². The van der Waals surface area contributed by atoms with E-state index in [0.29, 0.717) is 11.3 Å². The van der Waals surface area contributed by atoms with Gasteiger partial charge in [-0.1, -0.05) is 103 Å². The van der Waals surface area contributed by atoms with E-state index in [0.717, 1.165) is 44.9 Å². The van der Waals surface area contributed by atoms with Gasteiger partial charge < -0.3 is 9.80 Å². The van der Waals surface area contributed by atoms with Gasteiger partial charge in [0.15, 0.2) is 5.69 Å². The summed E-state index contributed by atoms with van der Waals surface area (Å²) in [6.07, 6.45) is 0. The van der Waals surface area contributed by atoms with E-state index in [1.807, 2.05) is 48.5 Å². The minimum absolute atomic E-state index is 0.618. The van der Waals surface area contributed by atoms with Gasteiger partial charge in [-0.05, 0) is 101 Å². The van der Waals surface area contributed by atoms with E-state index in [1.54, 1.807) is 0 Å². The largest absolute Gasteiger partial charge is 0.310 e.